The fraction of sp³-hybridized carbons (Fsp3) is 0.455. The Bertz CT molecular complexity index is 338. The van der Waals surface area contributed by atoms with E-state index in [9.17, 15) is 4.39 Å². The minimum Gasteiger partial charge on any atom is -0.328 e. The predicted molar refractivity (Wildman–Crippen MR) is 58.1 cm³/mol. The van der Waals surface area contributed by atoms with Crippen molar-refractivity contribution in [1.82, 2.24) is 0 Å². The van der Waals surface area contributed by atoms with E-state index in [4.69, 9.17) is 5.73 Å². The minimum atomic E-state index is -0.0712. The highest BCUT2D eigenvalue weighted by Gasteiger charge is 2.26. The lowest BCUT2D eigenvalue weighted by molar-refractivity contribution is 0.545. The molecule has 0 saturated heterocycles. The molecular weight excluding hydrogens is 197 g/mol. The number of fused-ring (bicyclic) bond motifs is 1. The Hall–Kier alpha value is -0.540. The first-order valence-electron chi connectivity index (χ1n) is 4.85. The molecule has 0 aliphatic carbocycles. The summed E-state index contributed by atoms with van der Waals surface area (Å²) in [6.45, 7) is 1.98. The van der Waals surface area contributed by atoms with Crippen LogP contribution in [0.15, 0.2) is 23.1 Å². The van der Waals surface area contributed by atoms with Gasteiger partial charge in [-0.25, -0.2) is 4.39 Å². The zero-order valence-corrected chi connectivity index (χ0v) is 8.98. The maximum absolute atomic E-state index is 13.5. The van der Waals surface area contributed by atoms with Gasteiger partial charge in [0.15, 0.2) is 0 Å². The van der Waals surface area contributed by atoms with Crippen molar-refractivity contribution in [2.75, 3.05) is 5.75 Å². The third kappa shape index (κ3) is 1.79. The van der Waals surface area contributed by atoms with Gasteiger partial charge in [0.1, 0.15) is 5.82 Å². The van der Waals surface area contributed by atoms with Crippen LogP contribution >= 0.6 is 11.8 Å². The molecule has 0 spiro atoms. The van der Waals surface area contributed by atoms with E-state index in [-0.39, 0.29) is 11.9 Å². The standard InChI is InChI=1S/C11H14FNS/c1-7(13)5-8-6-14-10-4-2-3-9(12)11(8)10/h2-4,7-8H,5-6,13H2,1H3. The molecule has 1 aromatic rings. The van der Waals surface area contributed by atoms with Crippen molar-refractivity contribution in [3.8, 4) is 0 Å². The topological polar surface area (TPSA) is 26.0 Å². The van der Waals surface area contributed by atoms with Gasteiger partial charge in [-0.05, 0) is 31.4 Å². The predicted octanol–water partition coefficient (Wildman–Crippen LogP) is 2.75. The molecule has 14 heavy (non-hydrogen) atoms. The Labute approximate surface area is 87.9 Å². The van der Waals surface area contributed by atoms with Gasteiger partial charge in [-0.1, -0.05) is 6.07 Å². The number of hydrogen-bond donors (Lipinski definition) is 1. The molecule has 2 N–H and O–H groups in total. The van der Waals surface area contributed by atoms with E-state index in [0.29, 0.717) is 5.92 Å². The lowest BCUT2D eigenvalue weighted by atomic mass is 9.94. The zero-order valence-electron chi connectivity index (χ0n) is 8.16. The summed E-state index contributed by atoms with van der Waals surface area (Å²) in [6, 6.07) is 5.45. The van der Waals surface area contributed by atoms with Crippen LogP contribution in [0.5, 0.6) is 0 Å². The summed E-state index contributed by atoms with van der Waals surface area (Å²) < 4.78 is 13.5. The van der Waals surface area contributed by atoms with Crippen LogP contribution in [0, 0.1) is 5.82 Å². The van der Waals surface area contributed by atoms with Crippen molar-refractivity contribution < 1.29 is 4.39 Å². The molecule has 0 saturated carbocycles. The van der Waals surface area contributed by atoms with Crippen LogP contribution in [0.4, 0.5) is 4.39 Å². The van der Waals surface area contributed by atoms with Gasteiger partial charge < -0.3 is 5.73 Å². The molecule has 0 fully saturated rings. The first-order valence-corrected chi connectivity index (χ1v) is 5.84. The van der Waals surface area contributed by atoms with Crippen LogP contribution in [-0.2, 0) is 0 Å². The molecule has 2 atom stereocenters. The minimum absolute atomic E-state index is 0.0712. The van der Waals surface area contributed by atoms with Crippen molar-refractivity contribution >= 4 is 11.8 Å². The van der Waals surface area contributed by atoms with Crippen LogP contribution in [0.25, 0.3) is 0 Å². The highest BCUT2D eigenvalue weighted by molar-refractivity contribution is 7.99. The molecule has 2 unspecified atom stereocenters. The van der Waals surface area contributed by atoms with Crippen LogP contribution in [0.2, 0.25) is 0 Å². The van der Waals surface area contributed by atoms with Gasteiger partial charge >= 0.3 is 0 Å². The van der Waals surface area contributed by atoms with Crippen LogP contribution in [0.1, 0.15) is 24.8 Å². The molecule has 0 bridgehead atoms. The highest BCUT2D eigenvalue weighted by Crippen LogP contribution is 2.42. The maximum atomic E-state index is 13.5. The number of benzene rings is 1. The van der Waals surface area contributed by atoms with Crippen LogP contribution in [-0.4, -0.2) is 11.8 Å². The van der Waals surface area contributed by atoms with Gasteiger partial charge in [0.2, 0.25) is 0 Å². The van der Waals surface area contributed by atoms with Gasteiger partial charge in [-0.3, -0.25) is 0 Å². The third-order valence-electron chi connectivity index (χ3n) is 2.52. The van der Waals surface area contributed by atoms with E-state index in [1.165, 1.54) is 0 Å². The summed E-state index contributed by atoms with van der Waals surface area (Å²) in [4.78, 5) is 1.09. The molecule has 1 nitrogen and oxygen atoms in total. The Kier molecular flexibility index (Phi) is 2.79. The maximum Gasteiger partial charge on any atom is 0.127 e. The lowest BCUT2D eigenvalue weighted by Gasteiger charge is -2.13. The SMILES string of the molecule is CC(N)CC1CSc2cccc(F)c21. The monoisotopic (exact) mass is 211 g/mol. The smallest absolute Gasteiger partial charge is 0.127 e. The van der Waals surface area contributed by atoms with E-state index in [2.05, 4.69) is 0 Å². The molecule has 2 rings (SSSR count). The second-order valence-corrected chi connectivity index (χ2v) is 4.93. The molecule has 0 amide bonds. The Morgan fingerprint density at radius 3 is 3.14 bits per heavy atom. The van der Waals surface area contributed by atoms with E-state index >= 15 is 0 Å². The first-order chi connectivity index (χ1) is 6.68. The van der Waals surface area contributed by atoms with E-state index < -0.39 is 0 Å². The lowest BCUT2D eigenvalue weighted by Crippen LogP contribution is -2.19. The molecule has 76 valence electrons. The van der Waals surface area contributed by atoms with Crippen molar-refractivity contribution in [1.29, 1.82) is 0 Å². The molecule has 3 heteroatoms. The normalized spacial score (nSPS) is 22.1. The van der Waals surface area contributed by atoms with Gasteiger partial charge in [0.05, 0.1) is 0 Å². The second-order valence-electron chi connectivity index (χ2n) is 3.87. The molecule has 1 aliphatic heterocycles. The molecule has 1 aromatic carbocycles. The summed E-state index contributed by atoms with van der Waals surface area (Å²) in [7, 11) is 0. The number of halogens is 1. The quantitative estimate of drug-likeness (QED) is 0.814. The summed E-state index contributed by atoms with van der Waals surface area (Å²) in [6.07, 6.45) is 0.876. The average molecular weight is 211 g/mol. The molecule has 1 heterocycles. The summed E-state index contributed by atoms with van der Waals surface area (Å²) in [5, 5.41) is 0. The third-order valence-corrected chi connectivity index (χ3v) is 3.75. The van der Waals surface area contributed by atoms with Crippen LogP contribution in [0.3, 0.4) is 0 Å². The number of hydrogen-bond acceptors (Lipinski definition) is 2. The molecule has 1 aliphatic rings. The van der Waals surface area contributed by atoms with Crippen molar-refractivity contribution in [3.05, 3.63) is 29.6 Å². The molecule has 0 aromatic heterocycles. The Morgan fingerprint density at radius 1 is 1.64 bits per heavy atom. The van der Waals surface area contributed by atoms with Gasteiger partial charge in [-0.2, -0.15) is 0 Å². The first kappa shape index (κ1) is 9.99. The van der Waals surface area contributed by atoms with Crippen LogP contribution < -0.4 is 5.73 Å². The second kappa shape index (κ2) is 3.91. The van der Waals surface area contributed by atoms with Crippen molar-refractivity contribution in [2.45, 2.75) is 30.2 Å². The van der Waals surface area contributed by atoms with Crippen molar-refractivity contribution in [3.63, 3.8) is 0 Å². The van der Waals surface area contributed by atoms with Gasteiger partial charge in [-0.15, -0.1) is 11.8 Å². The van der Waals surface area contributed by atoms with E-state index in [1.54, 1.807) is 23.9 Å². The fourth-order valence-electron chi connectivity index (χ4n) is 1.95. The summed E-state index contributed by atoms with van der Waals surface area (Å²) >= 11 is 1.74. The zero-order chi connectivity index (χ0) is 10.1. The van der Waals surface area contributed by atoms with E-state index in [0.717, 1.165) is 22.6 Å². The number of thioether (sulfide) groups is 1. The van der Waals surface area contributed by atoms with E-state index in [1.807, 2.05) is 13.0 Å². The van der Waals surface area contributed by atoms with Gasteiger partial charge in [0.25, 0.3) is 0 Å². The number of nitrogens with two attached hydrogens (primary N) is 1. The summed E-state index contributed by atoms with van der Waals surface area (Å²) in [5.74, 6) is 1.20. The Balaban J connectivity index is 2.29. The highest BCUT2D eigenvalue weighted by atomic mass is 32.2. The fourth-order valence-corrected chi connectivity index (χ4v) is 3.23. The average Bonchev–Trinajstić information content (AvgIpc) is 2.49. The Morgan fingerprint density at radius 2 is 2.43 bits per heavy atom. The van der Waals surface area contributed by atoms with Gasteiger partial charge in [0, 0.05) is 22.3 Å². The molecular formula is C11H14FNS. The summed E-state index contributed by atoms with van der Waals surface area (Å²) in [5.41, 5.74) is 6.63. The number of rotatable bonds is 2. The molecule has 0 radical (unpaired) electrons. The largest absolute Gasteiger partial charge is 0.328 e. The van der Waals surface area contributed by atoms with Crippen molar-refractivity contribution in [2.24, 2.45) is 5.73 Å².